The number of aromatic nitrogens is 3. The number of carbonyl (C=O) groups excluding carboxylic acids is 1. The predicted molar refractivity (Wildman–Crippen MR) is 135 cm³/mol. The van der Waals surface area contributed by atoms with E-state index in [1.807, 2.05) is 19.1 Å². The summed E-state index contributed by atoms with van der Waals surface area (Å²) in [5.74, 6) is -0.764. The molecule has 0 bridgehead atoms. The van der Waals surface area contributed by atoms with E-state index in [2.05, 4.69) is 37.1 Å². The number of halogens is 3. The number of hydrogen-bond acceptors (Lipinski definition) is 5. The molecule has 4 rings (SSSR count). The molecule has 3 aromatic rings. The monoisotopic (exact) mass is 496 g/mol. The van der Waals surface area contributed by atoms with Crippen molar-refractivity contribution in [3.05, 3.63) is 71.3 Å². The largest absolute Gasteiger partial charge is 0.418 e. The minimum Gasteiger partial charge on any atom is -0.319 e. The molecule has 1 aliphatic heterocycles. The molecule has 10 heteroatoms. The van der Waals surface area contributed by atoms with Crippen LogP contribution in [0.25, 0.3) is 16.5 Å². The summed E-state index contributed by atoms with van der Waals surface area (Å²) in [6, 6.07) is 6.30. The van der Waals surface area contributed by atoms with Gasteiger partial charge in [0.1, 0.15) is 0 Å². The molecule has 188 valence electrons. The fourth-order valence-electron chi connectivity index (χ4n) is 4.33. The van der Waals surface area contributed by atoms with Crippen LogP contribution in [0.2, 0.25) is 0 Å². The molecule has 0 saturated carbocycles. The van der Waals surface area contributed by atoms with Crippen LogP contribution >= 0.6 is 0 Å². The van der Waals surface area contributed by atoms with Gasteiger partial charge in [0.2, 0.25) is 0 Å². The van der Waals surface area contributed by atoms with Gasteiger partial charge in [0.15, 0.2) is 5.69 Å². The van der Waals surface area contributed by atoms with Gasteiger partial charge >= 0.3 is 6.18 Å². The Balaban J connectivity index is 1.60. The molecule has 0 spiro atoms. The van der Waals surface area contributed by atoms with E-state index in [1.165, 1.54) is 19.3 Å². The minimum atomic E-state index is -4.63. The van der Waals surface area contributed by atoms with Gasteiger partial charge in [-0.05, 0) is 74.5 Å². The fraction of sp³-hybridized carbons (Fsp3) is 0.308. The normalized spacial score (nSPS) is 15.8. The highest BCUT2D eigenvalue weighted by atomic mass is 19.4. The molecule has 0 radical (unpaired) electrons. The first-order valence-corrected chi connectivity index (χ1v) is 11.6. The summed E-state index contributed by atoms with van der Waals surface area (Å²) in [7, 11) is 0. The number of carbonyl (C=O) groups is 1. The molecule has 3 heterocycles. The van der Waals surface area contributed by atoms with Crippen molar-refractivity contribution < 1.29 is 18.0 Å². The average molecular weight is 497 g/mol. The van der Waals surface area contributed by atoms with Gasteiger partial charge in [0.25, 0.3) is 5.91 Å². The zero-order valence-corrected chi connectivity index (χ0v) is 19.9. The first kappa shape index (κ1) is 25.3. The van der Waals surface area contributed by atoms with Crippen LogP contribution in [-0.2, 0) is 6.18 Å². The van der Waals surface area contributed by atoms with Crippen LogP contribution in [0.15, 0.2) is 59.5 Å². The zero-order chi connectivity index (χ0) is 25.7. The summed E-state index contributed by atoms with van der Waals surface area (Å²) < 4.78 is 40.0. The Hall–Kier alpha value is -3.79. The van der Waals surface area contributed by atoms with Crippen LogP contribution in [0.4, 0.5) is 18.9 Å². The first-order chi connectivity index (χ1) is 17.3. The molecule has 1 fully saturated rings. The highest BCUT2D eigenvalue weighted by Crippen LogP contribution is 2.34. The molecule has 2 aromatic heterocycles. The van der Waals surface area contributed by atoms with Gasteiger partial charge in [-0.15, -0.1) is 0 Å². The van der Waals surface area contributed by atoms with Crippen LogP contribution < -0.4 is 5.32 Å². The molecule has 1 aromatic carbocycles. The van der Waals surface area contributed by atoms with Gasteiger partial charge in [-0.2, -0.15) is 18.3 Å². The van der Waals surface area contributed by atoms with Crippen molar-refractivity contribution >= 4 is 34.8 Å². The lowest BCUT2D eigenvalue weighted by atomic mass is 10.0. The Morgan fingerprint density at radius 1 is 1.25 bits per heavy atom. The Bertz CT molecular complexity index is 1320. The van der Waals surface area contributed by atoms with Gasteiger partial charge in [-0.1, -0.05) is 18.6 Å². The molecule has 2 N–H and O–H groups in total. The molecule has 1 saturated heterocycles. The SMILES string of the molecule is C=N/C=C(\C=C(/C)c1ccc2[nH]nc(C(=O)Nc3cnccc3C(F)(F)F)c2c1)CN1CCCCC1. The van der Waals surface area contributed by atoms with Crippen molar-refractivity contribution in [2.75, 3.05) is 25.0 Å². The van der Waals surface area contributed by atoms with Crippen LogP contribution in [0, 0.1) is 0 Å². The number of benzene rings is 1. The lowest BCUT2D eigenvalue weighted by Crippen LogP contribution is -2.31. The van der Waals surface area contributed by atoms with Gasteiger partial charge in [0, 0.05) is 24.3 Å². The van der Waals surface area contributed by atoms with E-state index < -0.39 is 23.3 Å². The van der Waals surface area contributed by atoms with E-state index in [9.17, 15) is 18.0 Å². The second-order valence-corrected chi connectivity index (χ2v) is 8.76. The maximum absolute atomic E-state index is 13.3. The number of piperidine rings is 1. The number of allylic oxidation sites excluding steroid dienone is 1. The second kappa shape index (κ2) is 10.9. The van der Waals surface area contributed by atoms with Crippen LogP contribution in [-0.4, -0.2) is 52.3 Å². The summed E-state index contributed by atoms with van der Waals surface area (Å²) in [6.07, 6.45) is 4.77. The van der Waals surface area contributed by atoms with E-state index in [0.717, 1.165) is 54.8 Å². The number of alkyl halides is 3. The summed E-state index contributed by atoms with van der Waals surface area (Å²) in [5.41, 5.74) is 2.00. The van der Waals surface area contributed by atoms with E-state index >= 15 is 0 Å². The third-order valence-electron chi connectivity index (χ3n) is 6.12. The van der Waals surface area contributed by atoms with Crippen molar-refractivity contribution in [2.45, 2.75) is 32.4 Å². The van der Waals surface area contributed by atoms with Gasteiger partial charge < -0.3 is 5.32 Å². The summed E-state index contributed by atoms with van der Waals surface area (Å²) in [4.78, 5) is 22.9. The summed E-state index contributed by atoms with van der Waals surface area (Å²) in [6.45, 7) is 8.41. The summed E-state index contributed by atoms with van der Waals surface area (Å²) in [5, 5.41) is 9.62. The number of pyridine rings is 1. The molecular formula is C26H27F3N6O. The average Bonchev–Trinajstić information content (AvgIpc) is 3.28. The minimum absolute atomic E-state index is 0.00605. The molecule has 0 unspecified atom stereocenters. The number of amides is 1. The smallest absolute Gasteiger partial charge is 0.319 e. The number of fused-ring (bicyclic) bond motifs is 1. The van der Waals surface area contributed by atoms with Crippen LogP contribution in [0.1, 0.15) is 47.8 Å². The first-order valence-electron chi connectivity index (χ1n) is 11.6. The number of hydrogen-bond donors (Lipinski definition) is 2. The van der Waals surface area contributed by atoms with Crippen molar-refractivity contribution in [3.63, 3.8) is 0 Å². The standard InChI is InChI=1S/C26H27F3N6O/c1-17(12-18(14-30-2)16-35-10-4-3-5-11-35)19-6-7-22-20(13-19)24(34-33-22)25(36)32-23-15-31-9-8-21(23)26(27,28)29/h6-9,12-15H,2-5,10-11,16H2,1H3,(H,32,36)(H,33,34)/b17-12+,18-14+. The number of aliphatic imine (C=N–C) groups is 1. The predicted octanol–water partition coefficient (Wildman–Crippen LogP) is 5.70. The topological polar surface area (TPSA) is 86.3 Å². The third-order valence-corrected chi connectivity index (χ3v) is 6.12. The van der Waals surface area contributed by atoms with Gasteiger partial charge in [0.05, 0.1) is 23.0 Å². The number of rotatable bonds is 7. The molecule has 1 aliphatic rings. The van der Waals surface area contributed by atoms with Crippen LogP contribution in [0.3, 0.4) is 0 Å². The fourth-order valence-corrected chi connectivity index (χ4v) is 4.33. The van der Waals surface area contributed by atoms with E-state index in [4.69, 9.17) is 0 Å². The maximum atomic E-state index is 13.3. The van der Waals surface area contributed by atoms with Gasteiger partial charge in [-0.3, -0.25) is 24.8 Å². The van der Waals surface area contributed by atoms with Crippen molar-refractivity contribution in [1.29, 1.82) is 0 Å². The Morgan fingerprint density at radius 2 is 2.03 bits per heavy atom. The molecule has 0 aliphatic carbocycles. The van der Waals surface area contributed by atoms with Crippen molar-refractivity contribution in [1.82, 2.24) is 20.1 Å². The van der Waals surface area contributed by atoms with E-state index in [-0.39, 0.29) is 5.69 Å². The highest BCUT2D eigenvalue weighted by Gasteiger charge is 2.34. The molecule has 36 heavy (non-hydrogen) atoms. The Kier molecular flexibility index (Phi) is 7.64. The highest BCUT2D eigenvalue weighted by molar-refractivity contribution is 6.11. The lowest BCUT2D eigenvalue weighted by molar-refractivity contribution is -0.137. The number of likely N-dealkylation sites (tertiary alicyclic amines) is 1. The molecule has 1 amide bonds. The van der Waals surface area contributed by atoms with Crippen molar-refractivity contribution in [3.8, 4) is 0 Å². The van der Waals surface area contributed by atoms with Crippen LogP contribution in [0.5, 0.6) is 0 Å². The van der Waals surface area contributed by atoms with Crippen molar-refractivity contribution in [2.24, 2.45) is 4.99 Å². The number of H-pyrrole nitrogens is 1. The lowest BCUT2D eigenvalue weighted by Gasteiger charge is -2.26. The quantitative estimate of drug-likeness (QED) is 0.324. The van der Waals surface area contributed by atoms with E-state index in [1.54, 1.807) is 18.3 Å². The maximum Gasteiger partial charge on any atom is 0.418 e. The molecular weight excluding hydrogens is 469 g/mol. The van der Waals surface area contributed by atoms with E-state index in [0.29, 0.717) is 10.9 Å². The number of nitrogens with zero attached hydrogens (tertiary/aromatic N) is 4. The number of aromatic amines is 1. The zero-order valence-electron chi connectivity index (χ0n) is 19.9. The Labute approximate surface area is 206 Å². The van der Waals surface area contributed by atoms with Gasteiger partial charge in [-0.25, -0.2) is 0 Å². The third kappa shape index (κ3) is 5.88. The second-order valence-electron chi connectivity index (χ2n) is 8.76. The summed E-state index contributed by atoms with van der Waals surface area (Å²) >= 11 is 0. The number of nitrogens with one attached hydrogen (secondary N) is 2. The number of anilines is 1. The molecule has 7 nitrogen and oxygen atoms in total. The Morgan fingerprint density at radius 3 is 2.75 bits per heavy atom. The molecule has 0 atom stereocenters.